The maximum absolute atomic E-state index is 12.2. The molecule has 1 heterocycles. The van der Waals surface area contributed by atoms with E-state index in [1.165, 1.54) is 0 Å². The summed E-state index contributed by atoms with van der Waals surface area (Å²) in [5, 5.41) is 3.61. The highest BCUT2D eigenvalue weighted by molar-refractivity contribution is 4.96. The monoisotopic (exact) mass is 280 g/mol. The zero-order valence-electron chi connectivity index (χ0n) is 12.3. The highest BCUT2D eigenvalue weighted by Gasteiger charge is 2.36. The van der Waals surface area contributed by atoms with Crippen LogP contribution in [0, 0.1) is 0 Å². The average Bonchev–Trinajstić information content (AvgIpc) is 2.37. The molecule has 0 aromatic rings. The first-order valence-electron chi connectivity index (χ1n) is 7.41. The number of nitrogens with one attached hydrogen (secondary N) is 1. The van der Waals surface area contributed by atoms with E-state index in [-0.39, 0.29) is 12.0 Å². The van der Waals surface area contributed by atoms with E-state index in [0.717, 1.165) is 32.4 Å². The van der Waals surface area contributed by atoms with E-state index in [0.29, 0.717) is 12.6 Å². The molecule has 19 heavy (non-hydrogen) atoms. The summed E-state index contributed by atoms with van der Waals surface area (Å²) in [6.45, 7) is 8.73. The third-order valence-electron chi connectivity index (χ3n) is 4.47. The van der Waals surface area contributed by atoms with Crippen molar-refractivity contribution in [1.29, 1.82) is 0 Å². The number of hydrogen-bond donors (Lipinski definition) is 1. The van der Waals surface area contributed by atoms with Crippen molar-refractivity contribution in [3.63, 3.8) is 0 Å². The summed E-state index contributed by atoms with van der Waals surface area (Å²) in [6.07, 6.45) is -1.45. The first kappa shape index (κ1) is 16.8. The second-order valence-electron chi connectivity index (χ2n) is 5.62. The van der Waals surface area contributed by atoms with Gasteiger partial charge in [-0.2, -0.15) is 13.2 Å². The molecule has 0 aliphatic carbocycles. The van der Waals surface area contributed by atoms with Crippen LogP contribution in [0.25, 0.3) is 0 Å². The van der Waals surface area contributed by atoms with Crippen LogP contribution >= 0.6 is 0 Å². The van der Waals surface area contributed by atoms with Gasteiger partial charge >= 0.3 is 6.18 Å². The first-order valence-corrected chi connectivity index (χ1v) is 7.41. The Balaban J connectivity index is 2.55. The summed E-state index contributed by atoms with van der Waals surface area (Å²) < 4.78 is 36.7. The number of nitrogens with zero attached hydrogens (tertiary/aromatic N) is 1. The van der Waals surface area contributed by atoms with Gasteiger partial charge in [0.15, 0.2) is 0 Å². The van der Waals surface area contributed by atoms with Crippen molar-refractivity contribution in [1.82, 2.24) is 10.2 Å². The molecule has 1 saturated heterocycles. The molecule has 1 fully saturated rings. The average molecular weight is 280 g/mol. The molecule has 1 rings (SSSR count). The normalized spacial score (nSPS) is 24.6. The van der Waals surface area contributed by atoms with Crippen molar-refractivity contribution in [2.45, 2.75) is 70.6 Å². The maximum atomic E-state index is 12.2. The Hall–Kier alpha value is -0.290. The fraction of sp³-hybridized carbons (Fsp3) is 1.00. The number of halogens is 3. The minimum absolute atomic E-state index is 0.0872. The predicted octanol–water partition coefficient (Wildman–Crippen LogP) is 3.57. The number of piperazine rings is 1. The Morgan fingerprint density at radius 2 is 1.84 bits per heavy atom. The van der Waals surface area contributed by atoms with Crippen molar-refractivity contribution < 1.29 is 13.2 Å². The summed E-state index contributed by atoms with van der Waals surface area (Å²) >= 11 is 0. The molecule has 1 N–H and O–H groups in total. The molecule has 2 nitrogen and oxygen atoms in total. The van der Waals surface area contributed by atoms with Crippen LogP contribution in [0.1, 0.15) is 52.9 Å². The van der Waals surface area contributed by atoms with Crippen molar-refractivity contribution in [3.8, 4) is 0 Å². The molecule has 1 aliphatic rings. The third-order valence-corrected chi connectivity index (χ3v) is 4.47. The predicted molar refractivity (Wildman–Crippen MR) is 72.3 cm³/mol. The molecule has 0 amide bonds. The molecular weight excluding hydrogens is 253 g/mol. The highest BCUT2D eigenvalue weighted by atomic mass is 19.4. The molecule has 1 unspecified atom stereocenters. The van der Waals surface area contributed by atoms with Crippen molar-refractivity contribution in [2.24, 2.45) is 0 Å². The van der Waals surface area contributed by atoms with Gasteiger partial charge in [-0.1, -0.05) is 20.8 Å². The van der Waals surface area contributed by atoms with Crippen LogP contribution in [0.4, 0.5) is 13.2 Å². The fourth-order valence-corrected chi connectivity index (χ4v) is 2.91. The maximum Gasteiger partial charge on any atom is 0.389 e. The fourth-order valence-electron chi connectivity index (χ4n) is 2.91. The topological polar surface area (TPSA) is 15.3 Å². The Labute approximate surface area is 114 Å². The number of hydrogen-bond acceptors (Lipinski definition) is 2. The number of rotatable bonds is 6. The molecule has 0 spiro atoms. The van der Waals surface area contributed by atoms with Crippen LogP contribution in [0.3, 0.4) is 0 Å². The zero-order valence-corrected chi connectivity index (χ0v) is 12.3. The van der Waals surface area contributed by atoms with Crippen LogP contribution in [0.5, 0.6) is 0 Å². The lowest BCUT2D eigenvalue weighted by molar-refractivity contribution is -0.136. The Morgan fingerprint density at radius 1 is 1.21 bits per heavy atom. The summed E-state index contributed by atoms with van der Waals surface area (Å²) in [6, 6.07) is 0.374. The van der Waals surface area contributed by atoms with E-state index < -0.39 is 12.6 Å². The molecule has 0 aromatic carbocycles. The van der Waals surface area contributed by atoms with Crippen LogP contribution in [0.15, 0.2) is 0 Å². The van der Waals surface area contributed by atoms with Gasteiger partial charge in [-0.05, 0) is 32.2 Å². The van der Waals surface area contributed by atoms with Gasteiger partial charge < -0.3 is 5.32 Å². The van der Waals surface area contributed by atoms with E-state index in [2.05, 4.69) is 31.0 Å². The van der Waals surface area contributed by atoms with Gasteiger partial charge in [-0.3, -0.25) is 4.90 Å². The lowest BCUT2D eigenvalue weighted by atomic mass is 9.88. The van der Waals surface area contributed by atoms with Gasteiger partial charge in [0.1, 0.15) is 0 Å². The SMILES string of the molecule is CCC1CNC(CC)(CC)CN1CCCC(F)(F)F. The van der Waals surface area contributed by atoms with Gasteiger partial charge in [-0.15, -0.1) is 0 Å². The quantitative estimate of drug-likeness (QED) is 0.800. The van der Waals surface area contributed by atoms with Gasteiger partial charge in [0.2, 0.25) is 0 Å². The van der Waals surface area contributed by atoms with Crippen LogP contribution < -0.4 is 5.32 Å². The molecule has 0 aromatic heterocycles. The van der Waals surface area contributed by atoms with E-state index >= 15 is 0 Å². The smallest absolute Gasteiger partial charge is 0.308 e. The van der Waals surface area contributed by atoms with Crippen molar-refractivity contribution in [2.75, 3.05) is 19.6 Å². The van der Waals surface area contributed by atoms with E-state index in [1.54, 1.807) is 0 Å². The van der Waals surface area contributed by atoms with Crippen LogP contribution in [-0.2, 0) is 0 Å². The molecule has 1 aliphatic heterocycles. The van der Waals surface area contributed by atoms with Gasteiger partial charge in [0.25, 0.3) is 0 Å². The summed E-state index contributed by atoms with van der Waals surface area (Å²) in [4.78, 5) is 2.26. The minimum atomic E-state index is -4.03. The first-order chi connectivity index (χ1) is 8.86. The van der Waals surface area contributed by atoms with Crippen LogP contribution in [0.2, 0.25) is 0 Å². The van der Waals surface area contributed by atoms with Gasteiger partial charge in [-0.25, -0.2) is 0 Å². The lowest BCUT2D eigenvalue weighted by Crippen LogP contribution is -2.63. The van der Waals surface area contributed by atoms with Gasteiger partial charge in [0.05, 0.1) is 0 Å². The van der Waals surface area contributed by atoms with Crippen molar-refractivity contribution in [3.05, 3.63) is 0 Å². The molecule has 114 valence electrons. The Morgan fingerprint density at radius 3 is 2.32 bits per heavy atom. The molecular formula is C14H27F3N2. The standard InChI is InChI=1S/C14H27F3N2/c1-4-12-10-18-13(5-2,6-3)11-19(12)9-7-8-14(15,16)17/h12,18H,4-11H2,1-3H3. The molecule has 0 bridgehead atoms. The molecule has 5 heteroatoms. The number of alkyl halides is 3. The Bertz CT molecular complexity index is 262. The Kier molecular flexibility index (Phi) is 6.12. The minimum Gasteiger partial charge on any atom is -0.308 e. The second kappa shape index (κ2) is 6.93. The summed E-state index contributed by atoms with van der Waals surface area (Å²) in [5.74, 6) is 0. The molecule has 0 radical (unpaired) electrons. The third kappa shape index (κ3) is 4.95. The second-order valence-corrected chi connectivity index (χ2v) is 5.62. The van der Waals surface area contributed by atoms with Crippen molar-refractivity contribution >= 4 is 0 Å². The highest BCUT2D eigenvalue weighted by Crippen LogP contribution is 2.26. The van der Waals surface area contributed by atoms with E-state index in [9.17, 15) is 13.2 Å². The molecule has 0 saturated carbocycles. The lowest BCUT2D eigenvalue weighted by Gasteiger charge is -2.47. The zero-order chi connectivity index (χ0) is 14.5. The largest absolute Gasteiger partial charge is 0.389 e. The summed E-state index contributed by atoms with van der Waals surface area (Å²) in [7, 11) is 0. The van der Waals surface area contributed by atoms with E-state index in [4.69, 9.17) is 0 Å². The van der Waals surface area contributed by atoms with E-state index in [1.807, 2.05) is 0 Å². The summed E-state index contributed by atoms with van der Waals surface area (Å²) in [5.41, 5.74) is 0.0872. The molecule has 1 atom stereocenters. The van der Waals surface area contributed by atoms with Gasteiger partial charge in [0, 0.05) is 31.1 Å². The van der Waals surface area contributed by atoms with Crippen LogP contribution in [-0.4, -0.2) is 42.3 Å².